The van der Waals surface area contributed by atoms with Gasteiger partial charge in [-0.15, -0.1) is 0 Å². The van der Waals surface area contributed by atoms with Gasteiger partial charge in [0.05, 0.1) is 23.6 Å². The number of amides is 1. The normalized spacial score (nSPS) is 10.6. The maximum Gasteiger partial charge on any atom is 0.275 e. The molecule has 0 saturated carbocycles. The van der Waals surface area contributed by atoms with Gasteiger partial charge in [-0.3, -0.25) is 9.78 Å². The van der Waals surface area contributed by atoms with Crippen molar-refractivity contribution < 1.29 is 4.79 Å². The van der Waals surface area contributed by atoms with E-state index in [-0.39, 0.29) is 11.6 Å². The molecule has 0 atom stereocenters. The summed E-state index contributed by atoms with van der Waals surface area (Å²) >= 11 is 0. The molecule has 0 bridgehead atoms. The van der Waals surface area contributed by atoms with Gasteiger partial charge in [-0.1, -0.05) is 30.3 Å². The van der Waals surface area contributed by atoms with Crippen LogP contribution in [0.2, 0.25) is 0 Å². The van der Waals surface area contributed by atoms with Crippen LogP contribution in [-0.2, 0) is 0 Å². The molecule has 4 aromatic rings. The van der Waals surface area contributed by atoms with Crippen LogP contribution >= 0.6 is 0 Å². The van der Waals surface area contributed by atoms with E-state index in [1.165, 1.54) is 11.8 Å². The highest BCUT2D eigenvalue weighted by atomic mass is 16.1. The lowest BCUT2D eigenvalue weighted by molar-refractivity contribution is 0.102. The number of benzene rings is 2. The molecule has 2 N–H and O–H groups in total. The Bertz CT molecular complexity index is 1150. The maximum atomic E-state index is 12.6. The van der Waals surface area contributed by atoms with Crippen LogP contribution in [0.4, 0.5) is 17.2 Å². The summed E-state index contributed by atoms with van der Waals surface area (Å²) in [5.41, 5.74) is 4.92. The smallest absolute Gasteiger partial charge is 0.275 e. The lowest BCUT2D eigenvalue weighted by Gasteiger charge is -2.11. The SMILES string of the molecule is Cc1cccc(Nc2cnc(C(=O)Nc3cccc4cccnc34)cn2)c1C. The number of carbonyl (C=O) groups excluding carboxylic acids is 1. The molecule has 0 saturated heterocycles. The Labute approximate surface area is 162 Å². The van der Waals surface area contributed by atoms with Gasteiger partial charge in [-0.05, 0) is 43.2 Å². The van der Waals surface area contributed by atoms with Gasteiger partial charge in [-0.25, -0.2) is 9.97 Å². The van der Waals surface area contributed by atoms with Crippen LogP contribution in [0.1, 0.15) is 21.6 Å². The van der Waals surface area contributed by atoms with Crippen molar-refractivity contribution in [3.05, 3.63) is 83.9 Å². The van der Waals surface area contributed by atoms with Gasteiger partial charge < -0.3 is 10.6 Å². The van der Waals surface area contributed by atoms with Crippen LogP contribution in [0.3, 0.4) is 0 Å². The van der Waals surface area contributed by atoms with Crippen LogP contribution in [-0.4, -0.2) is 20.9 Å². The number of fused-ring (bicyclic) bond motifs is 1. The minimum atomic E-state index is -0.330. The Hall–Kier alpha value is -3.80. The third-order valence-corrected chi connectivity index (χ3v) is 4.63. The van der Waals surface area contributed by atoms with Crippen molar-refractivity contribution in [2.45, 2.75) is 13.8 Å². The number of pyridine rings is 1. The Balaban J connectivity index is 1.52. The first-order valence-electron chi connectivity index (χ1n) is 8.92. The number of aryl methyl sites for hydroxylation is 1. The summed E-state index contributed by atoms with van der Waals surface area (Å²) in [5.74, 6) is 0.251. The minimum Gasteiger partial charge on any atom is -0.339 e. The zero-order valence-corrected chi connectivity index (χ0v) is 15.6. The third-order valence-electron chi connectivity index (χ3n) is 4.63. The molecule has 1 amide bonds. The van der Waals surface area contributed by atoms with Gasteiger partial charge in [0.2, 0.25) is 0 Å². The number of hydrogen-bond donors (Lipinski definition) is 2. The van der Waals surface area contributed by atoms with Crippen LogP contribution in [0.25, 0.3) is 10.9 Å². The van der Waals surface area contributed by atoms with Crippen LogP contribution in [0.5, 0.6) is 0 Å². The predicted molar refractivity (Wildman–Crippen MR) is 111 cm³/mol. The fraction of sp³-hybridized carbons (Fsp3) is 0.0909. The van der Waals surface area contributed by atoms with E-state index in [4.69, 9.17) is 0 Å². The average Bonchev–Trinajstić information content (AvgIpc) is 2.72. The van der Waals surface area contributed by atoms with Gasteiger partial charge in [0.1, 0.15) is 11.5 Å². The molecule has 138 valence electrons. The van der Waals surface area contributed by atoms with E-state index >= 15 is 0 Å². The molecule has 6 heteroatoms. The topological polar surface area (TPSA) is 79.8 Å². The molecule has 0 spiro atoms. The number of para-hydroxylation sites is 1. The summed E-state index contributed by atoms with van der Waals surface area (Å²) in [6.07, 6.45) is 4.71. The lowest BCUT2D eigenvalue weighted by atomic mass is 10.1. The highest BCUT2D eigenvalue weighted by Gasteiger charge is 2.11. The number of hydrogen-bond acceptors (Lipinski definition) is 5. The molecule has 0 fully saturated rings. The van der Waals surface area contributed by atoms with Crippen LogP contribution in [0, 0.1) is 13.8 Å². The monoisotopic (exact) mass is 369 g/mol. The summed E-state index contributed by atoms with van der Waals surface area (Å²) in [6, 6.07) is 15.5. The third kappa shape index (κ3) is 3.53. The van der Waals surface area contributed by atoms with E-state index in [0.29, 0.717) is 11.5 Å². The van der Waals surface area contributed by atoms with E-state index in [9.17, 15) is 4.79 Å². The molecule has 0 radical (unpaired) electrons. The molecule has 0 unspecified atom stereocenters. The number of nitrogens with zero attached hydrogens (tertiary/aromatic N) is 3. The summed E-state index contributed by atoms with van der Waals surface area (Å²) < 4.78 is 0. The highest BCUT2D eigenvalue weighted by molar-refractivity contribution is 6.07. The van der Waals surface area contributed by atoms with Crippen LogP contribution < -0.4 is 10.6 Å². The number of aromatic nitrogens is 3. The van der Waals surface area contributed by atoms with Crippen molar-refractivity contribution in [3.63, 3.8) is 0 Å². The molecule has 2 heterocycles. The van der Waals surface area contributed by atoms with Crippen molar-refractivity contribution in [1.29, 1.82) is 0 Å². The van der Waals surface area contributed by atoms with Gasteiger partial charge >= 0.3 is 0 Å². The fourth-order valence-corrected chi connectivity index (χ4v) is 2.93. The number of anilines is 3. The van der Waals surface area contributed by atoms with Gasteiger partial charge in [0.15, 0.2) is 0 Å². The Morgan fingerprint density at radius 1 is 0.857 bits per heavy atom. The number of rotatable bonds is 4. The second kappa shape index (κ2) is 7.44. The molecule has 28 heavy (non-hydrogen) atoms. The maximum absolute atomic E-state index is 12.6. The largest absolute Gasteiger partial charge is 0.339 e. The second-order valence-corrected chi connectivity index (χ2v) is 6.49. The summed E-state index contributed by atoms with van der Waals surface area (Å²) in [4.78, 5) is 25.5. The van der Waals surface area contributed by atoms with Gasteiger partial charge in [-0.2, -0.15) is 0 Å². The predicted octanol–water partition coefficient (Wildman–Crippen LogP) is 4.64. The summed E-state index contributed by atoms with van der Waals surface area (Å²) in [7, 11) is 0. The summed E-state index contributed by atoms with van der Waals surface area (Å²) in [6.45, 7) is 4.10. The van der Waals surface area contributed by atoms with Gasteiger partial charge in [0, 0.05) is 17.3 Å². The molecule has 2 aromatic carbocycles. The molecule has 2 aromatic heterocycles. The van der Waals surface area contributed by atoms with E-state index in [1.807, 2.05) is 49.4 Å². The minimum absolute atomic E-state index is 0.236. The van der Waals surface area contributed by atoms with Crippen molar-refractivity contribution in [2.75, 3.05) is 10.6 Å². The lowest BCUT2D eigenvalue weighted by Crippen LogP contribution is -2.14. The Morgan fingerprint density at radius 2 is 1.64 bits per heavy atom. The van der Waals surface area contributed by atoms with E-state index in [2.05, 4.69) is 38.6 Å². The number of nitrogens with one attached hydrogen (secondary N) is 2. The molecule has 6 nitrogen and oxygen atoms in total. The highest BCUT2D eigenvalue weighted by Crippen LogP contribution is 2.22. The summed E-state index contributed by atoms with van der Waals surface area (Å²) in [5, 5.41) is 7.06. The van der Waals surface area contributed by atoms with Crippen molar-refractivity contribution >= 4 is 34.0 Å². The molecule has 0 aliphatic rings. The van der Waals surface area contributed by atoms with Crippen molar-refractivity contribution in [3.8, 4) is 0 Å². The average molecular weight is 369 g/mol. The zero-order valence-electron chi connectivity index (χ0n) is 15.6. The second-order valence-electron chi connectivity index (χ2n) is 6.49. The van der Waals surface area contributed by atoms with E-state index in [1.54, 1.807) is 12.4 Å². The quantitative estimate of drug-likeness (QED) is 0.548. The van der Waals surface area contributed by atoms with Gasteiger partial charge in [0.25, 0.3) is 5.91 Å². The zero-order chi connectivity index (χ0) is 19.5. The van der Waals surface area contributed by atoms with Crippen LogP contribution in [0.15, 0.2) is 67.1 Å². The Kier molecular flexibility index (Phi) is 4.68. The number of carbonyl (C=O) groups is 1. The standard InChI is InChI=1S/C22H19N5O/c1-14-6-3-9-17(15(14)2)26-20-13-24-19(12-25-20)22(28)27-18-10-4-7-16-8-5-11-23-21(16)18/h3-13H,1-2H3,(H,25,26)(H,27,28). The molecular formula is C22H19N5O. The van der Waals surface area contributed by atoms with E-state index < -0.39 is 0 Å². The first-order chi connectivity index (χ1) is 13.6. The molecular weight excluding hydrogens is 350 g/mol. The fourth-order valence-electron chi connectivity index (χ4n) is 2.93. The molecule has 0 aliphatic heterocycles. The van der Waals surface area contributed by atoms with Crippen molar-refractivity contribution in [1.82, 2.24) is 15.0 Å². The van der Waals surface area contributed by atoms with Crippen molar-refractivity contribution in [2.24, 2.45) is 0 Å². The first-order valence-corrected chi connectivity index (χ1v) is 8.92. The molecule has 4 rings (SSSR count). The first kappa shape index (κ1) is 17.6. The Morgan fingerprint density at radius 3 is 2.46 bits per heavy atom. The molecule has 0 aliphatic carbocycles. The van der Waals surface area contributed by atoms with E-state index in [0.717, 1.165) is 22.2 Å².